The third-order valence-electron chi connectivity index (χ3n) is 5.24. The van der Waals surface area contributed by atoms with Gasteiger partial charge in [0.15, 0.2) is 0 Å². The summed E-state index contributed by atoms with van der Waals surface area (Å²) >= 11 is 0. The Bertz CT molecular complexity index is 881. The molecule has 27 heavy (non-hydrogen) atoms. The van der Waals surface area contributed by atoms with Crippen molar-refractivity contribution in [2.45, 2.75) is 19.3 Å². The number of nitrogens with zero attached hydrogens (tertiary/aromatic N) is 4. The molecule has 4 rings (SSSR count). The second-order valence-electron chi connectivity index (χ2n) is 7.07. The van der Waals surface area contributed by atoms with E-state index in [1.54, 1.807) is 18.6 Å². The molecule has 1 aliphatic heterocycles. The van der Waals surface area contributed by atoms with Gasteiger partial charge in [-0.3, -0.25) is 4.98 Å². The zero-order valence-corrected chi connectivity index (χ0v) is 15.7. The second-order valence-corrected chi connectivity index (χ2v) is 7.07. The lowest BCUT2D eigenvalue weighted by molar-refractivity contribution is 0.347. The molecule has 1 saturated heterocycles. The number of rotatable bonds is 6. The Morgan fingerprint density at radius 3 is 2.78 bits per heavy atom. The van der Waals surface area contributed by atoms with Crippen LogP contribution >= 0.6 is 0 Å². The molecule has 1 atom stereocenters. The Balaban J connectivity index is 1.30. The summed E-state index contributed by atoms with van der Waals surface area (Å²) in [6, 6.07) is 14.6. The minimum atomic E-state index is 0.650. The molecule has 5 heteroatoms. The summed E-state index contributed by atoms with van der Waals surface area (Å²) in [5.41, 5.74) is 4.87. The maximum atomic E-state index is 4.61. The summed E-state index contributed by atoms with van der Waals surface area (Å²) in [5.74, 6) is 1.33. The van der Waals surface area contributed by atoms with Crippen LogP contribution < -0.4 is 5.32 Å². The highest BCUT2D eigenvalue weighted by molar-refractivity contribution is 5.58. The van der Waals surface area contributed by atoms with Crippen LogP contribution in [0.25, 0.3) is 11.3 Å². The summed E-state index contributed by atoms with van der Waals surface area (Å²) in [7, 11) is 0. The van der Waals surface area contributed by atoms with Crippen LogP contribution in [-0.4, -0.2) is 46.0 Å². The van der Waals surface area contributed by atoms with E-state index in [0.717, 1.165) is 37.4 Å². The molecule has 1 N–H and O–H groups in total. The van der Waals surface area contributed by atoms with Crippen molar-refractivity contribution in [1.29, 1.82) is 0 Å². The van der Waals surface area contributed by atoms with Crippen molar-refractivity contribution in [1.82, 2.24) is 19.9 Å². The highest BCUT2D eigenvalue weighted by atomic mass is 15.2. The van der Waals surface area contributed by atoms with E-state index in [9.17, 15) is 0 Å². The van der Waals surface area contributed by atoms with E-state index in [1.807, 2.05) is 18.2 Å². The Hall–Kier alpha value is -2.79. The number of aryl methyl sites for hydroxylation is 1. The van der Waals surface area contributed by atoms with Crippen molar-refractivity contribution in [2.24, 2.45) is 0 Å². The van der Waals surface area contributed by atoms with Gasteiger partial charge >= 0.3 is 0 Å². The molecule has 1 aliphatic rings. The standard InChI is InChI=1S/C22H25N5/c1-17-4-2-3-5-20(17)19-9-14-27(16-19)15-13-25-22-24-12-8-21(26-22)18-6-10-23-11-7-18/h2-8,10-12,19H,9,13-16H2,1H3,(H,24,25,26). The smallest absolute Gasteiger partial charge is 0.223 e. The molecule has 1 aromatic carbocycles. The first-order valence-corrected chi connectivity index (χ1v) is 9.55. The molecule has 1 unspecified atom stereocenters. The van der Waals surface area contributed by atoms with Gasteiger partial charge in [-0.2, -0.15) is 0 Å². The van der Waals surface area contributed by atoms with Gasteiger partial charge < -0.3 is 10.2 Å². The van der Waals surface area contributed by atoms with Crippen LogP contribution in [0.15, 0.2) is 61.1 Å². The number of likely N-dealkylation sites (tertiary alicyclic amines) is 1. The maximum Gasteiger partial charge on any atom is 0.223 e. The molecule has 1 fully saturated rings. The molecule has 0 spiro atoms. The third kappa shape index (κ3) is 4.31. The minimum absolute atomic E-state index is 0.650. The van der Waals surface area contributed by atoms with Gasteiger partial charge in [0.05, 0.1) is 5.69 Å². The first-order chi connectivity index (χ1) is 13.3. The lowest BCUT2D eigenvalue weighted by Gasteiger charge is -2.17. The number of pyridine rings is 1. The molecule has 0 saturated carbocycles. The van der Waals surface area contributed by atoms with E-state index in [-0.39, 0.29) is 0 Å². The van der Waals surface area contributed by atoms with Gasteiger partial charge in [-0.05, 0) is 55.1 Å². The van der Waals surface area contributed by atoms with Crippen molar-refractivity contribution in [3.63, 3.8) is 0 Å². The van der Waals surface area contributed by atoms with Gasteiger partial charge in [-0.15, -0.1) is 0 Å². The first kappa shape index (κ1) is 17.6. The topological polar surface area (TPSA) is 53.9 Å². The number of nitrogens with one attached hydrogen (secondary N) is 1. The van der Waals surface area contributed by atoms with Crippen molar-refractivity contribution in [3.8, 4) is 11.3 Å². The van der Waals surface area contributed by atoms with Gasteiger partial charge in [0.1, 0.15) is 0 Å². The fourth-order valence-electron chi connectivity index (χ4n) is 3.79. The van der Waals surface area contributed by atoms with Gasteiger partial charge in [-0.25, -0.2) is 9.97 Å². The van der Waals surface area contributed by atoms with E-state index >= 15 is 0 Å². The summed E-state index contributed by atoms with van der Waals surface area (Å²) in [6.45, 7) is 6.35. The van der Waals surface area contributed by atoms with Crippen LogP contribution in [0.2, 0.25) is 0 Å². The summed E-state index contributed by atoms with van der Waals surface area (Å²) in [4.78, 5) is 15.5. The van der Waals surface area contributed by atoms with E-state index in [2.05, 4.69) is 56.4 Å². The van der Waals surface area contributed by atoms with Crippen LogP contribution in [0.3, 0.4) is 0 Å². The molecule has 5 nitrogen and oxygen atoms in total. The zero-order valence-electron chi connectivity index (χ0n) is 15.7. The predicted octanol–water partition coefficient (Wildman–Crippen LogP) is 3.75. The summed E-state index contributed by atoms with van der Waals surface area (Å²) < 4.78 is 0. The Morgan fingerprint density at radius 1 is 1.07 bits per heavy atom. The van der Waals surface area contributed by atoms with Crippen LogP contribution in [-0.2, 0) is 0 Å². The van der Waals surface area contributed by atoms with Crippen molar-refractivity contribution in [2.75, 3.05) is 31.5 Å². The molecule has 0 bridgehead atoms. The van der Waals surface area contributed by atoms with Crippen LogP contribution in [0.4, 0.5) is 5.95 Å². The Labute approximate surface area is 160 Å². The largest absolute Gasteiger partial charge is 0.353 e. The molecular weight excluding hydrogens is 334 g/mol. The Kier molecular flexibility index (Phi) is 5.39. The van der Waals surface area contributed by atoms with Gasteiger partial charge in [0.25, 0.3) is 0 Å². The minimum Gasteiger partial charge on any atom is -0.353 e. The summed E-state index contributed by atoms with van der Waals surface area (Å²) in [6.07, 6.45) is 6.60. The third-order valence-corrected chi connectivity index (χ3v) is 5.24. The molecule has 138 valence electrons. The SMILES string of the molecule is Cc1ccccc1C1CCN(CCNc2nccc(-c3ccncc3)n2)C1. The second kappa shape index (κ2) is 8.27. The van der Waals surface area contributed by atoms with E-state index in [4.69, 9.17) is 0 Å². The molecule has 3 heterocycles. The molecule has 0 amide bonds. The van der Waals surface area contributed by atoms with Crippen LogP contribution in [0.5, 0.6) is 0 Å². The number of anilines is 1. The van der Waals surface area contributed by atoms with Gasteiger partial charge in [0.2, 0.25) is 5.95 Å². The fraction of sp³-hybridized carbons (Fsp3) is 0.318. The first-order valence-electron chi connectivity index (χ1n) is 9.55. The molecular formula is C22H25N5. The number of aromatic nitrogens is 3. The highest BCUT2D eigenvalue weighted by Crippen LogP contribution is 2.29. The fourth-order valence-corrected chi connectivity index (χ4v) is 3.79. The van der Waals surface area contributed by atoms with Crippen molar-refractivity contribution in [3.05, 3.63) is 72.2 Å². The van der Waals surface area contributed by atoms with Crippen LogP contribution in [0.1, 0.15) is 23.5 Å². The van der Waals surface area contributed by atoms with E-state index in [1.165, 1.54) is 17.5 Å². The molecule has 2 aromatic heterocycles. The monoisotopic (exact) mass is 359 g/mol. The zero-order chi connectivity index (χ0) is 18.5. The Morgan fingerprint density at radius 2 is 1.93 bits per heavy atom. The number of hydrogen-bond donors (Lipinski definition) is 1. The summed E-state index contributed by atoms with van der Waals surface area (Å²) in [5, 5.41) is 3.37. The predicted molar refractivity (Wildman–Crippen MR) is 109 cm³/mol. The van der Waals surface area contributed by atoms with Gasteiger partial charge in [0, 0.05) is 43.8 Å². The lowest BCUT2D eigenvalue weighted by atomic mass is 9.94. The van der Waals surface area contributed by atoms with E-state index < -0.39 is 0 Å². The van der Waals surface area contributed by atoms with E-state index in [0.29, 0.717) is 11.9 Å². The maximum absolute atomic E-state index is 4.61. The lowest BCUT2D eigenvalue weighted by Crippen LogP contribution is -2.27. The average Bonchev–Trinajstić information content (AvgIpc) is 3.18. The molecule has 0 aliphatic carbocycles. The van der Waals surface area contributed by atoms with Crippen molar-refractivity contribution >= 4 is 5.95 Å². The number of benzene rings is 1. The normalized spacial score (nSPS) is 17.1. The molecule has 0 radical (unpaired) electrons. The van der Waals surface area contributed by atoms with Crippen molar-refractivity contribution < 1.29 is 0 Å². The average molecular weight is 359 g/mol. The molecule has 3 aromatic rings. The van der Waals surface area contributed by atoms with Gasteiger partial charge in [-0.1, -0.05) is 24.3 Å². The quantitative estimate of drug-likeness (QED) is 0.726. The van der Waals surface area contributed by atoms with Crippen LogP contribution in [0, 0.1) is 6.92 Å². The highest BCUT2D eigenvalue weighted by Gasteiger charge is 2.24. The number of hydrogen-bond acceptors (Lipinski definition) is 5.